The fourth-order valence-corrected chi connectivity index (χ4v) is 5.39. The highest BCUT2D eigenvalue weighted by atomic mass is 79.9. The van der Waals surface area contributed by atoms with Gasteiger partial charge < -0.3 is 14.2 Å². The van der Waals surface area contributed by atoms with Gasteiger partial charge in [-0.2, -0.15) is 10.1 Å². The van der Waals surface area contributed by atoms with Crippen LogP contribution >= 0.6 is 31.9 Å². The van der Waals surface area contributed by atoms with Crippen LogP contribution in [0.15, 0.2) is 32.3 Å². The molecular weight excluding hydrogens is 536 g/mol. The number of fused-ring (bicyclic) bond motifs is 5. The molecule has 31 heavy (non-hydrogen) atoms. The summed E-state index contributed by atoms with van der Waals surface area (Å²) in [6.45, 7) is 1.56. The van der Waals surface area contributed by atoms with Crippen LogP contribution in [0.25, 0.3) is 0 Å². The zero-order valence-electron chi connectivity index (χ0n) is 17.0. The summed E-state index contributed by atoms with van der Waals surface area (Å²) < 4.78 is 16.8. The number of hydrogen-bond donors (Lipinski definition) is 0. The van der Waals surface area contributed by atoms with Gasteiger partial charge >= 0.3 is 5.97 Å². The zero-order valence-corrected chi connectivity index (χ0v) is 20.2. The monoisotopic (exact) mass is 554 g/mol. The summed E-state index contributed by atoms with van der Waals surface area (Å²) in [6, 6.07) is 1.63. The third-order valence-electron chi connectivity index (χ3n) is 5.96. The maximum atomic E-state index is 12.8. The quantitative estimate of drug-likeness (QED) is 0.231. The van der Waals surface area contributed by atoms with Crippen LogP contribution in [0, 0.1) is 23.7 Å². The minimum Gasteiger partial charge on any atom is -0.493 e. The molecule has 164 valence electrons. The summed E-state index contributed by atoms with van der Waals surface area (Å²) in [5.74, 6) is -0.757. The Kier molecular flexibility index (Phi) is 5.95. The van der Waals surface area contributed by atoms with E-state index in [9.17, 15) is 14.4 Å². The van der Waals surface area contributed by atoms with Crippen molar-refractivity contribution in [2.45, 2.75) is 19.4 Å². The standard InChI is InChI=1S/C21H20Br2N2O6/c1-9(21(28)30-3)31-18-13(29-2)7-12(16(22)17(18)23)8-24-25-19(26)14-10-4-5-11(6-10)15(14)20(25)27/h4-5,7-11,14-15H,6H2,1-3H3/t9-,10-,11-,14-,15+/m0/s1. The van der Waals surface area contributed by atoms with Crippen LogP contribution in [0.1, 0.15) is 18.9 Å². The Hall–Kier alpha value is -2.20. The van der Waals surface area contributed by atoms with Gasteiger partial charge in [0.2, 0.25) is 0 Å². The average Bonchev–Trinajstić information content (AvgIpc) is 3.44. The molecule has 0 N–H and O–H groups in total. The minimum atomic E-state index is -0.857. The second-order valence-corrected chi connectivity index (χ2v) is 9.23. The molecule has 0 radical (unpaired) electrons. The first-order valence-corrected chi connectivity index (χ1v) is 11.3. The number of hydrogen-bond acceptors (Lipinski definition) is 7. The van der Waals surface area contributed by atoms with Crippen molar-refractivity contribution in [3.63, 3.8) is 0 Å². The van der Waals surface area contributed by atoms with Gasteiger partial charge in [-0.05, 0) is 63.1 Å². The van der Waals surface area contributed by atoms with Gasteiger partial charge in [-0.1, -0.05) is 12.2 Å². The molecule has 1 aliphatic heterocycles. The lowest BCUT2D eigenvalue weighted by Crippen LogP contribution is -2.28. The number of imide groups is 1. The summed E-state index contributed by atoms with van der Waals surface area (Å²) >= 11 is 6.91. The van der Waals surface area contributed by atoms with Crippen LogP contribution in [-0.2, 0) is 19.1 Å². The topological polar surface area (TPSA) is 94.5 Å². The highest BCUT2D eigenvalue weighted by Gasteiger charge is 2.59. The molecule has 1 aromatic rings. The molecule has 1 aromatic carbocycles. The van der Waals surface area contributed by atoms with E-state index in [-0.39, 0.29) is 35.5 Å². The molecule has 0 aromatic heterocycles. The fourth-order valence-electron chi connectivity index (χ4n) is 4.47. The number of nitrogens with zero attached hydrogens (tertiary/aromatic N) is 2. The Labute approximate surface area is 195 Å². The highest BCUT2D eigenvalue weighted by Crippen LogP contribution is 2.52. The summed E-state index contributed by atoms with van der Waals surface area (Å²) in [5, 5.41) is 5.19. The van der Waals surface area contributed by atoms with Gasteiger partial charge in [-0.25, -0.2) is 4.79 Å². The molecule has 2 amide bonds. The van der Waals surface area contributed by atoms with Gasteiger partial charge in [-0.15, -0.1) is 0 Å². The second kappa shape index (κ2) is 8.38. The van der Waals surface area contributed by atoms with Crippen molar-refractivity contribution in [2.75, 3.05) is 14.2 Å². The van der Waals surface area contributed by atoms with E-state index in [2.05, 4.69) is 37.0 Å². The molecule has 0 unspecified atom stereocenters. The number of esters is 1. The molecule has 1 saturated carbocycles. The summed E-state index contributed by atoms with van der Waals surface area (Å²) in [4.78, 5) is 37.3. The van der Waals surface area contributed by atoms with Crippen molar-refractivity contribution in [1.82, 2.24) is 5.01 Å². The first kappa shape index (κ1) is 22.0. The predicted molar refractivity (Wildman–Crippen MR) is 118 cm³/mol. The normalized spacial score (nSPS) is 27.2. The van der Waals surface area contributed by atoms with Crippen molar-refractivity contribution < 1.29 is 28.6 Å². The van der Waals surface area contributed by atoms with Crippen LogP contribution in [0.3, 0.4) is 0 Å². The Morgan fingerprint density at radius 2 is 1.77 bits per heavy atom. The second-order valence-electron chi connectivity index (χ2n) is 7.64. The van der Waals surface area contributed by atoms with Gasteiger partial charge in [0, 0.05) is 10.0 Å². The molecule has 1 saturated heterocycles. The first-order chi connectivity index (χ1) is 14.8. The smallest absolute Gasteiger partial charge is 0.346 e. The largest absolute Gasteiger partial charge is 0.493 e. The lowest BCUT2D eigenvalue weighted by Gasteiger charge is -2.18. The lowest BCUT2D eigenvalue weighted by atomic mass is 9.85. The van der Waals surface area contributed by atoms with Crippen LogP contribution in [0.5, 0.6) is 11.5 Å². The molecule has 2 aliphatic carbocycles. The van der Waals surface area contributed by atoms with E-state index < -0.39 is 12.1 Å². The lowest BCUT2D eigenvalue weighted by molar-refractivity contribution is -0.148. The number of carbonyl (C=O) groups is 3. The maximum absolute atomic E-state index is 12.8. The third kappa shape index (κ3) is 3.59. The SMILES string of the molecule is COC(=O)[C@H](C)Oc1c(OC)cc(C=NN2C(=O)[C@@H]3[C@H](C2=O)[C@H]2C=C[C@H]3C2)c(Br)c1Br. The zero-order chi connectivity index (χ0) is 22.4. The van der Waals surface area contributed by atoms with Crippen molar-refractivity contribution >= 4 is 55.9 Å². The number of ether oxygens (including phenoxy) is 3. The molecular formula is C21H20Br2N2O6. The maximum Gasteiger partial charge on any atom is 0.346 e. The van der Waals surface area contributed by atoms with Gasteiger partial charge in [0.15, 0.2) is 17.6 Å². The molecule has 5 atom stereocenters. The van der Waals surface area contributed by atoms with E-state index >= 15 is 0 Å². The van der Waals surface area contributed by atoms with E-state index in [0.29, 0.717) is 26.0 Å². The van der Waals surface area contributed by atoms with E-state index in [0.717, 1.165) is 11.4 Å². The van der Waals surface area contributed by atoms with Crippen molar-refractivity contribution in [1.29, 1.82) is 0 Å². The van der Waals surface area contributed by atoms with Crippen LogP contribution < -0.4 is 9.47 Å². The van der Waals surface area contributed by atoms with Crippen molar-refractivity contribution in [3.8, 4) is 11.5 Å². The number of methoxy groups -OCH3 is 2. The number of allylic oxidation sites excluding steroid dienone is 2. The van der Waals surface area contributed by atoms with Crippen LogP contribution in [0.2, 0.25) is 0 Å². The molecule has 3 aliphatic rings. The number of hydrazone groups is 1. The minimum absolute atomic E-state index is 0.126. The molecule has 10 heteroatoms. The molecule has 2 fully saturated rings. The molecule has 0 spiro atoms. The molecule has 8 nitrogen and oxygen atoms in total. The third-order valence-corrected chi connectivity index (χ3v) is 8.11. The van der Waals surface area contributed by atoms with Crippen molar-refractivity contribution in [3.05, 3.63) is 32.7 Å². The van der Waals surface area contributed by atoms with Crippen molar-refractivity contribution in [2.24, 2.45) is 28.8 Å². The Balaban J connectivity index is 1.60. The van der Waals surface area contributed by atoms with E-state index in [4.69, 9.17) is 14.2 Å². The number of carbonyl (C=O) groups excluding carboxylic acids is 3. The Morgan fingerprint density at radius 3 is 2.32 bits per heavy atom. The number of amides is 2. The van der Waals surface area contributed by atoms with Gasteiger partial charge in [0.25, 0.3) is 11.8 Å². The van der Waals surface area contributed by atoms with E-state index in [1.54, 1.807) is 13.0 Å². The van der Waals surface area contributed by atoms with E-state index in [1.807, 2.05) is 12.2 Å². The van der Waals surface area contributed by atoms with Gasteiger partial charge in [0.05, 0.1) is 36.7 Å². The summed E-state index contributed by atoms with van der Waals surface area (Å²) in [5.41, 5.74) is 0.556. The molecule has 4 rings (SSSR count). The summed E-state index contributed by atoms with van der Waals surface area (Å²) in [7, 11) is 2.74. The van der Waals surface area contributed by atoms with Crippen LogP contribution in [-0.4, -0.2) is 49.3 Å². The molecule has 1 heterocycles. The fraction of sp³-hybridized carbons (Fsp3) is 0.429. The van der Waals surface area contributed by atoms with E-state index in [1.165, 1.54) is 20.4 Å². The molecule has 2 bridgehead atoms. The number of benzene rings is 1. The Bertz CT molecular complexity index is 994. The van der Waals surface area contributed by atoms with Crippen LogP contribution in [0.4, 0.5) is 0 Å². The first-order valence-electron chi connectivity index (χ1n) is 9.69. The Morgan fingerprint density at radius 1 is 1.16 bits per heavy atom. The highest BCUT2D eigenvalue weighted by molar-refractivity contribution is 9.13. The average molecular weight is 556 g/mol. The summed E-state index contributed by atoms with van der Waals surface area (Å²) in [6.07, 6.45) is 5.51. The number of halogens is 2. The van der Waals surface area contributed by atoms with Gasteiger partial charge in [0.1, 0.15) is 0 Å². The van der Waals surface area contributed by atoms with Gasteiger partial charge in [-0.3, -0.25) is 9.59 Å². The number of rotatable bonds is 6. The predicted octanol–water partition coefficient (Wildman–Crippen LogP) is 3.30.